The second-order valence-electron chi connectivity index (χ2n) is 5.98. The van der Waals surface area contributed by atoms with Crippen molar-refractivity contribution in [2.24, 2.45) is 5.92 Å². The molecule has 0 saturated heterocycles. The summed E-state index contributed by atoms with van der Waals surface area (Å²) in [6, 6.07) is 8.19. The molecule has 1 atom stereocenters. The van der Waals surface area contributed by atoms with Gasteiger partial charge in [-0.1, -0.05) is 31.9 Å². The SMILES string of the molecule is CCCCCNC(=O)CC(c1ccc(OC)cc1)C1CC1. The molecule has 1 N–H and O–H groups in total. The Hall–Kier alpha value is -1.51. The number of carbonyl (C=O) groups excluding carboxylic acids is 1. The number of methoxy groups -OCH3 is 1. The zero-order valence-corrected chi connectivity index (χ0v) is 13.2. The predicted octanol–water partition coefficient (Wildman–Crippen LogP) is 3.89. The largest absolute Gasteiger partial charge is 0.497 e. The van der Waals surface area contributed by atoms with Gasteiger partial charge in [0.1, 0.15) is 5.75 Å². The van der Waals surface area contributed by atoms with Crippen molar-refractivity contribution in [1.29, 1.82) is 0 Å². The Kier molecular flexibility index (Phi) is 6.09. The Morgan fingerprint density at radius 1 is 1.29 bits per heavy atom. The van der Waals surface area contributed by atoms with E-state index in [-0.39, 0.29) is 5.91 Å². The number of hydrogen-bond acceptors (Lipinski definition) is 2. The van der Waals surface area contributed by atoms with Crippen LogP contribution in [0.5, 0.6) is 5.75 Å². The van der Waals surface area contributed by atoms with E-state index >= 15 is 0 Å². The molecule has 0 bridgehead atoms. The van der Waals surface area contributed by atoms with Crippen LogP contribution in [0.15, 0.2) is 24.3 Å². The van der Waals surface area contributed by atoms with E-state index in [1.807, 2.05) is 12.1 Å². The van der Waals surface area contributed by atoms with Gasteiger partial charge < -0.3 is 10.1 Å². The summed E-state index contributed by atoms with van der Waals surface area (Å²) in [7, 11) is 1.68. The fraction of sp³-hybridized carbons (Fsp3) is 0.611. The normalized spacial score (nSPS) is 15.5. The van der Waals surface area contributed by atoms with Crippen LogP contribution in [-0.4, -0.2) is 19.6 Å². The Balaban J connectivity index is 1.88. The summed E-state index contributed by atoms with van der Waals surface area (Å²) in [5.41, 5.74) is 1.27. The Morgan fingerprint density at radius 2 is 2.00 bits per heavy atom. The van der Waals surface area contributed by atoms with E-state index in [9.17, 15) is 4.79 Å². The number of unbranched alkanes of at least 4 members (excludes halogenated alkanes) is 2. The lowest BCUT2D eigenvalue weighted by molar-refractivity contribution is -0.121. The van der Waals surface area contributed by atoms with Crippen molar-refractivity contribution in [3.8, 4) is 5.75 Å². The van der Waals surface area contributed by atoms with E-state index in [0.717, 1.165) is 18.7 Å². The van der Waals surface area contributed by atoms with Crippen molar-refractivity contribution >= 4 is 5.91 Å². The number of rotatable bonds is 9. The van der Waals surface area contributed by atoms with Crippen LogP contribution in [0.2, 0.25) is 0 Å². The number of benzene rings is 1. The minimum atomic E-state index is 0.193. The molecule has 116 valence electrons. The molecular weight excluding hydrogens is 262 g/mol. The first-order chi connectivity index (χ1) is 10.2. The third-order valence-corrected chi connectivity index (χ3v) is 4.24. The topological polar surface area (TPSA) is 38.3 Å². The maximum atomic E-state index is 12.1. The summed E-state index contributed by atoms with van der Waals surface area (Å²) in [5.74, 6) is 2.11. The minimum absolute atomic E-state index is 0.193. The van der Waals surface area contributed by atoms with Gasteiger partial charge in [0.2, 0.25) is 5.91 Å². The first-order valence-corrected chi connectivity index (χ1v) is 8.15. The molecule has 2 rings (SSSR count). The lowest BCUT2D eigenvalue weighted by Gasteiger charge is -2.17. The second-order valence-corrected chi connectivity index (χ2v) is 5.98. The fourth-order valence-corrected chi connectivity index (χ4v) is 2.78. The van der Waals surface area contributed by atoms with E-state index in [4.69, 9.17) is 4.74 Å². The van der Waals surface area contributed by atoms with Crippen LogP contribution in [0, 0.1) is 5.92 Å². The van der Waals surface area contributed by atoms with Crippen molar-refractivity contribution in [2.45, 2.75) is 51.4 Å². The number of hydrogen-bond donors (Lipinski definition) is 1. The Morgan fingerprint density at radius 3 is 2.57 bits per heavy atom. The van der Waals surface area contributed by atoms with Crippen LogP contribution in [0.25, 0.3) is 0 Å². The molecule has 0 spiro atoms. The summed E-state index contributed by atoms with van der Waals surface area (Å²) in [5, 5.41) is 3.06. The summed E-state index contributed by atoms with van der Waals surface area (Å²) in [6.45, 7) is 2.99. The Bertz CT molecular complexity index is 437. The van der Waals surface area contributed by atoms with Gasteiger partial charge >= 0.3 is 0 Å². The lowest BCUT2D eigenvalue weighted by atomic mass is 9.90. The summed E-state index contributed by atoms with van der Waals surface area (Å²) >= 11 is 0. The summed E-state index contributed by atoms with van der Waals surface area (Å²) in [6.07, 6.45) is 6.57. The smallest absolute Gasteiger partial charge is 0.220 e. The number of amides is 1. The monoisotopic (exact) mass is 289 g/mol. The second kappa shape index (κ2) is 8.06. The highest BCUT2D eigenvalue weighted by Gasteiger charge is 2.33. The molecule has 1 aromatic carbocycles. The molecule has 1 unspecified atom stereocenters. The molecule has 21 heavy (non-hydrogen) atoms. The van der Waals surface area contributed by atoms with E-state index < -0.39 is 0 Å². The minimum Gasteiger partial charge on any atom is -0.497 e. The molecule has 1 aliphatic rings. The van der Waals surface area contributed by atoms with E-state index in [1.165, 1.54) is 31.2 Å². The average Bonchev–Trinajstić information content (AvgIpc) is 3.34. The highest BCUT2D eigenvalue weighted by atomic mass is 16.5. The number of carbonyl (C=O) groups is 1. The molecule has 1 aromatic rings. The van der Waals surface area contributed by atoms with Crippen molar-refractivity contribution < 1.29 is 9.53 Å². The van der Waals surface area contributed by atoms with Gasteiger partial charge in [0.15, 0.2) is 0 Å². The van der Waals surface area contributed by atoms with Gasteiger partial charge in [0.05, 0.1) is 7.11 Å². The van der Waals surface area contributed by atoms with Gasteiger partial charge in [0.25, 0.3) is 0 Å². The van der Waals surface area contributed by atoms with E-state index in [0.29, 0.717) is 18.3 Å². The quantitative estimate of drug-likeness (QED) is 0.700. The van der Waals surface area contributed by atoms with Crippen LogP contribution in [-0.2, 0) is 4.79 Å². The lowest BCUT2D eigenvalue weighted by Crippen LogP contribution is -2.26. The van der Waals surface area contributed by atoms with Gasteiger partial charge in [-0.25, -0.2) is 0 Å². The van der Waals surface area contributed by atoms with Gasteiger partial charge in [-0.15, -0.1) is 0 Å². The van der Waals surface area contributed by atoms with Crippen LogP contribution in [0.1, 0.15) is 56.9 Å². The molecule has 1 fully saturated rings. The molecule has 0 aliphatic heterocycles. The number of nitrogens with one attached hydrogen (secondary N) is 1. The van der Waals surface area contributed by atoms with Crippen molar-refractivity contribution in [3.05, 3.63) is 29.8 Å². The van der Waals surface area contributed by atoms with Gasteiger partial charge in [-0.3, -0.25) is 4.79 Å². The van der Waals surface area contributed by atoms with Crippen LogP contribution in [0.3, 0.4) is 0 Å². The zero-order chi connectivity index (χ0) is 15.1. The van der Waals surface area contributed by atoms with Crippen molar-refractivity contribution in [2.75, 3.05) is 13.7 Å². The van der Waals surface area contributed by atoms with Crippen molar-refractivity contribution in [1.82, 2.24) is 5.32 Å². The molecule has 3 heteroatoms. The number of ether oxygens (including phenoxy) is 1. The molecular formula is C18H27NO2. The molecule has 1 amide bonds. The Labute approximate surface area is 128 Å². The fourth-order valence-electron chi connectivity index (χ4n) is 2.78. The maximum Gasteiger partial charge on any atom is 0.220 e. The highest BCUT2D eigenvalue weighted by molar-refractivity contribution is 5.77. The average molecular weight is 289 g/mol. The van der Waals surface area contributed by atoms with E-state index in [2.05, 4.69) is 24.4 Å². The van der Waals surface area contributed by atoms with Crippen LogP contribution < -0.4 is 10.1 Å². The summed E-state index contributed by atoms with van der Waals surface area (Å²) in [4.78, 5) is 12.1. The van der Waals surface area contributed by atoms with Crippen molar-refractivity contribution in [3.63, 3.8) is 0 Å². The highest BCUT2D eigenvalue weighted by Crippen LogP contribution is 2.44. The van der Waals surface area contributed by atoms with Crippen LogP contribution >= 0.6 is 0 Å². The maximum absolute atomic E-state index is 12.1. The van der Waals surface area contributed by atoms with E-state index in [1.54, 1.807) is 7.11 Å². The first-order valence-electron chi connectivity index (χ1n) is 8.15. The molecule has 1 saturated carbocycles. The first kappa shape index (κ1) is 15.9. The third-order valence-electron chi connectivity index (χ3n) is 4.24. The third kappa shape index (κ3) is 5.07. The molecule has 0 radical (unpaired) electrons. The summed E-state index contributed by atoms with van der Waals surface area (Å²) < 4.78 is 5.20. The molecule has 1 aliphatic carbocycles. The zero-order valence-electron chi connectivity index (χ0n) is 13.2. The van der Waals surface area contributed by atoms with Crippen LogP contribution in [0.4, 0.5) is 0 Å². The standard InChI is InChI=1S/C18H27NO2/c1-3-4-5-12-19-18(20)13-17(14-6-7-14)15-8-10-16(21-2)11-9-15/h8-11,14,17H,3-7,12-13H2,1-2H3,(H,19,20). The molecule has 0 heterocycles. The predicted molar refractivity (Wildman–Crippen MR) is 85.6 cm³/mol. The van der Waals surface area contributed by atoms with Gasteiger partial charge in [0, 0.05) is 13.0 Å². The molecule has 0 aromatic heterocycles. The molecule has 3 nitrogen and oxygen atoms in total. The van der Waals surface area contributed by atoms with Gasteiger partial charge in [-0.05, 0) is 48.8 Å². The van der Waals surface area contributed by atoms with Gasteiger partial charge in [-0.2, -0.15) is 0 Å².